The van der Waals surface area contributed by atoms with Gasteiger partial charge in [-0.05, 0) is 161 Å². The molecule has 10 rings (SSSR count). The van der Waals surface area contributed by atoms with Crippen LogP contribution in [0.4, 0.5) is 34.1 Å². The Morgan fingerprint density at radius 3 is 1.58 bits per heavy atom. The number of hydrogen-bond donors (Lipinski definition) is 0. The molecule has 7 aromatic rings. The van der Waals surface area contributed by atoms with Crippen molar-refractivity contribution in [3.63, 3.8) is 0 Å². The molecule has 0 aromatic heterocycles. The maximum atomic E-state index is 2.68. The fourth-order valence-corrected chi connectivity index (χ4v) is 11.6. The van der Waals surface area contributed by atoms with Gasteiger partial charge in [0.2, 0.25) is 0 Å². The van der Waals surface area contributed by atoms with Crippen LogP contribution < -0.4 is 26.2 Å². The summed E-state index contributed by atoms with van der Waals surface area (Å²) in [5.41, 5.74) is 24.9. The van der Waals surface area contributed by atoms with Crippen molar-refractivity contribution in [2.75, 3.05) is 9.80 Å². The molecule has 0 fully saturated rings. The van der Waals surface area contributed by atoms with Crippen molar-refractivity contribution < 1.29 is 0 Å². The third-order valence-corrected chi connectivity index (χ3v) is 14.9. The van der Waals surface area contributed by atoms with Crippen molar-refractivity contribution in [1.82, 2.24) is 0 Å². The second-order valence-corrected chi connectivity index (χ2v) is 24.0. The Kier molecular flexibility index (Phi) is 9.69. The molecule has 0 bridgehead atoms. The SMILES string of the molecule is Cc1cc2c3c(c1)N(c1ccc(C(C)(C)C)cc1-c1cccc(-c4ccccc4)c1)c1cc4c(cc1B3c1cc(C(C)(C)C)ccc1N2c1ccc(C(C)(C)C)cc1)C(C)(C)CC4(C)C. The van der Waals surface area contributed by atoms with Gasteiger partial charge < -0.3 is 9.80 Å². The highest BCUT2D eigenvalue weighted by atomic mass is 15.2. The summed E-state index contributed by atoms with van der Waals surface area (Å²) in [5, 5.41) is 0. The van der Waals surface area contributed by atoms with Crippen LogP contribution in [0.1, 0.15) is 130 Å². The van der Waals surface area contributed by atoms with Gasteiger partial charge in [0.05, 0.1) is 5.69 Å². The lowest BCUT2D eigenvalue weighted by Crippen LogP contribution is -2.61. The summed E-state index contributed by atoms with van der Waals surface area (Å²) in [5.74, 6) is 0. The summed E-state index contributed by atoms with van der Waals surface area (Å²) in [6.45, 7) is 33.2. The van der Waals surface area contributed by atoms with Crippen molar-refractivity contribution >= 4 is 57.2 Å². The molecule has 328 valence electrons. The lowest BCUT2D eigenvalue weighted by Gasteiger charge is -2.45. The van der Waals surface area contributed by atoms with Crippen LogP contribution in [0.5, 0.6) is 0 Å². The van der Waals surface area contributed by atoms with E-state index in [4.69, 9.17) is 0 Å². The molecule has 2 aliphatic heterocycles. The molecule has 2 heterocycles. The zero-order valence-electron chi connectivity index (χ0n) is 41.5. The number of benzene rings is 7. The number of nitrogens with zero attached hydrogens (tertiary/aromatic N) is 2. The standard InChI is InChI=1S/C62H67BN2/c1-39-31-55-57-56(32-39)65(52-29-25-44(59(5,6)7)34-47(52)42-22-18-21-41(33-42)40-19-16-15-17-20-40)54-37-49-48(61(11,12)38-62(49,13)14)36-51(54)63(57)50-35-45(60(8,9)10)26-30-53(50)64(55)46-27-23-43(24-28-46)58(2,3)4/h15-37H,38H2,1-14H3. The molecule has 3 heteroatoms. The average molecular weight is 851 g/mol. The minimum Gasteiger partial charge on any atom is -0.311 e. The van der Waals surface area contributed by atoms with Crippen molar-refractivity contribution in [3.05, 3.63) is 173 Å². The first-order valence-corrected chi connectivity index (χ1v) is 24.0. The van der Waals surface area contributed by atoms with E-state index in [1.165, 1.54) is 106 Å². The monoisotopic (exact) mass is 851 g/mol. The largest absolute Gasteiger partial charge is 0.311 e. The fraction of sp³-hybridized carbons (Fsp3) is 0.323. The van der Waals surface area contributed by atoms with E-state index in [9.17, 15) is 0 Å². The molecule has 65 heavy (non-hydrogen) atoms. The maximum absolute atomic E-state index is 2.68. The van der Waals surface area contributed by atoms with Crippen molar-refractivity contribution in [2.24, 2.45) is 0 Å². The maximum Gasteiger partial charge on any atom is 0.252 e. The van der Waals surface area contributed by atoms with E-state index in [0.717, 1.165) is 6.42 Å². The first kappa shape index (κ1) is 43.1. The minimum absolute atomic E-state index is 0.0178. The van der Waals surface area contributed by atoms with E-state index < -0.39 is 0 Å². The number of anilines is 6. The van der Waals surface area contributed by atoms with Crippen LogP contribution in [-0.2, 0) is 27.1 Å². The van der Waals surface area contributed by atoms with Gasteiger partial charge in [0.25, 0.3) is 6.71 Å². The Morgan fingerprint density at radius 2 is 0.954 bits per heavy atom. The zero-order valence-corrected chi connectivity index (χ0v) is 41.5. The van der Waals surface area contributed by atoms with Crippen molar-refractivity contribution in [2.45, 2.75) is 130 Å². The van der Waals surface area contributed by atoms with Crippen LogP contribution in [0.25, 0.3) is 22.3 Å². The van der Waals surface area contributed by atoms with Crippen LogP contribution in [-0.4, -0.2) is 6.71 Å². The van der Waals surface area contributed by atoms with Crippen LogP contribution in [0.2, 0.25) is 0 Å². The number of hydrogen-bond acceptors (Lipinski definition) is 2. The van der Waals surface area contributed by atoms with Gasteiger partial charge in [-0.1, -0.05) is 175 Å². The molecule has 0 unspecified atom stereocenters. The normalized spacial score (nSPS) is 15.9. The van der Waals surface area contributed by atoms with Crippen molar-refractivity contribution in [3.8, 4) is 22.3 Å². The summed E-state index contributed by atoms with van der Waals surface area (Å²) in [7, 11) is 0. The third kappa shape index (κ3) is 7.16. The Balaban J connectivity index is 1.32. The smallest absolute Gasteiger partial charge is 0.252 e. The molecule has 0 radical (unpaired) electrons. The van der Waals surface area contributed by atoms with Gasteiger partial charge in [-0.3, -0.25) is 0 Å². The van der Waals surface area contributed by atoms with E-state index in [2.05, 4.69) is 246 Å². The number of aryl methyl sites for hydroxylation is 1. The molecule has 0 saturated heterocycles. The molecule has 7 aromatic carbocycles. The molecule has 0 N–H and O–H groups in total. The van der Waals surface area contributed by atoms with Crippen LogP contribution >= 0.6 is 0 Å². The quantitative estimate of drug-likeness (QED) is 0.163. The summed E-state index contributed by atoms with van der Waals surface area (Å²) in [6.07, 6.45) is 1.11. The van der Waals surface area contributed by atoms with E-state index in [1.54, 1.807) is 0 Å². The second kappa shape index (κ2) is 14.6. The average Bonchev–Trinajstić information content (AvgIpc) is 3.43. The molecule has 0 spiro atoms. The lowest BCUT2D eigenvalue weighted by molar-refractivity contribution is 0.403. The van der Waals surface area contributed by atoms with E-state index in [-0.39, 0.29) is 33.8 Å². The molecule has 2 nitrogen and oxygen atoms in total. The Morgan fingerprint density at radius 1 is 0.431 bits per heavy atom. The van der Waals surface area contributed by atoms with Gasteiger partial charge in [0.15, 0.2) is 0 Å². The molecule has 0 atom stereocenters. The Labute approximate surface area is 390 Å². The number of rotatable bonds is 4. The summed E-state index contributed by atoms with van der Waals surface area (Å²) in [6, 6.07) is 54.3. The Bertz CT molecular complexity index is 3020. The first-order chi connectivity index (χ1) is 30.5. The first-order valence-electron chi connectivity index (χ1n) is 24.0. The molecule has 0 amide bonds. The summed E-state index contributed by atoms with van der Waals surface area (Å²) >= 11 is 0. The zero-order chi connectivity index (χ0) is 46.2. The highest BCUT2D eigenvalue weighted by Crippen LogP contribution is 2.54. The third-order valence-electron chi connectivity index (χ3n) is 14.9. The highest BCUT2D eigenvalue weighted by Gasteiger charge is 2.48. The van der Waals surface area contributed by atoms with Crippen molar-refractivity contribution in [1.29, 1.82) is 0 Å². The van der Waals surface area contributed by atoms with Gasteiger partial charge in [-0.15, -0.1) is 0 Å². The van der Waals surface area contributed by atoms with E-state index in [1.807, 2.05) is 0 Å². The second-order valence-electron chi connectivity index (χ2n) is 24.0. The van der Waals surface area contributed by atoms with E-state index in [0.29, 0.717) is 0 Å². The molecule has 0 saturated carbocycles. The van der Waals surface area contributed by atoms with E-state index >= 15 is 0 Å². The van der Waals surface area contributed by atoms with Crippen LogP contribution in [0.15, 0.2) is 140 Å². The van der Waals surface area contributed by atoms with Gasteiger partial charge in [-0.25, -0.2) is 0 Å². The molecule has 3 aliphatic rings. The fourth-order valence-electron chi connectivity index (χ4n) is 11.6. The minimum atomic E-state index is -0.0360. The lowest BCUT2D eigenvalue weighted by atomic mass is 9.33. The summed E-state index contributed by atoms with van der Waals surface area (Å²) < 4.78 is 0. The molecular weight excluding hydrogens is 784 g/mol. The van der Waals surface area contributed by atoms with Gasteiger partial charge >= 0.3 is 0 Å². The van der Waals surface area contributed by atoms with Gasteiger partial charge in [-0.2, -0.15) is 0 Å². The van der Waals surface area contributed by atoms with Crippen LogP contribution in [0, 0.1) is 6.92 Å². The predicted octanol–water partition coefficient (Wildman–Crippen LogP) is 15.3. The summed E-state index contributed by atoms with van der Waals surface area (Å²) in [4.78, 5) is 5.25. The van der Waals surface area contributed by atoms with Gasteiger partial charge in [0.1, 0.15) is 0 Å². The van der Waals surface area contributed by atoms with Gasteiger partial charge in [0, 0.05) is 34.0 Å². The molecule has 1 aliphatic carbocycles. The topological polar surface area (TPSA) is 6.48 Å². The van der Waals surface area contributed by atoms with Crippen LogP contribution in [0.3, 0.4) is 0 Å². The molecular formula is C62H67BN2. The number of fused-ring (bicyclic) bond motifs is 5. The Hall–Kier alpha value is -5.80. The highest BCUT2D eigenvalue weighted by molar-refractivity contribution is 7.00. The predicted molar refractivity (Wildman–Crippen MR) is 283 cm³/mol.